The molecule has 2 unspecified atom stereocenters. The van der Waals surface area contributed by atoms with Gasteiger partial charge in [-0.05, 0) is 85.3 Å². The van der Waals surface area contributed by atoms with E-state index in [9.17, 15) is 19.5 Å². The number of quaternary nitrogens is 1. The first kappa shape index (κ1) is 43.2. The third kappa shape index (κ3) is 10.7. The molecule has 0 bridgehead atoms. The van der Waals surface area contributed by atoms with Crippen LogP contribution in [0.25, 0.3) is 5.69 Å². The van der Waals surface area contributed by atoms with E-state index < -0.39 is 11.9 Å². The van der Waals surface area contributed by atoms with Crippen LogP contribution in [0.5, 0.6) is 11.5 Å². The van der Waals surface area contributed by atoms with Crippen molar-refractivity contribution < 1.29 is 34.1 Å². The number of nitrogens with zero attached hydrogens (tertiary/aromatic N) is 4. The van der Waals surface area contributed by atoms with Crippen LogP contribution in [-0.2, 0) is 9.59 Å². The monoisotopic (exact) mass is 793 g/mol. The molecule has 1 amide bonds. The van der Waals surface area contributed by atoms with Crippen LogP contribution in [0.2, 0.25) is 0 Å². The molecule has 1 saturated carbocycles. The number of nitrogens with one attached hydrogen (secondary N) is 2. The minimum absolute atomic E-state index is 0.0653. The number of amides is 1. The fourth-order valence-corrected chi connectivity index (χ4v) is 7.39. The second-order valence-electron chi connectivity index (χ2n) is 15.5. The van der Waals surface area contributed by atoms with Crippen LogP contribution in [0.15, 0.2) is 95.9 Å². The van der Waals surface area contributed by atoms with Gasteiger partial charge in [-0.15, -0.1) is 4.59 Å². The van der Waals surface area contributed by atoms with Crippen molar-refractivity contribution in [1.82, 2.24) is 19.7 Å². The number of carbonyl (C=O) groups is 3. The first-order valence-electron chi connectivity index (χ1n) is 19.9. The molecule has 58 heavy (non-hydrogen) atoms. The minimum Gasteiger partial charge on any atom is -0.497 e. The number of hydrogen-bond donors (Lipinski definition) is 4. The molecule has 3 aromatic carbocycles. The summed E-state index contributed by atoms with van der Waals surface area (Å²) in [6.07, 6.45) is 9.77. The largest absolute Gasteiger partial charge is 0.497 e. The van der Waals surface area contributed by atoms with Gasteiger partial charge in [0, 0.05) is 47.6 Å². The molecule has 4 aromatic rings. The van der Waals surface area contributed by atoms with Crippen LogP contribution in [0.1, 0.15) is 99.8 Å². The molecule has 1 aliphatic carbocycles. The Labute approximate surface area is 341 Å². The Kier molecular flexibility index (Phi) is 14.5. The Morgan fingerprint density at radius 2 is 1.45 bits per heavy atom. The summed E-state index contributed by atoms with van der Waals surface area (Å²) in [6.45, 7) is 8.35. The van der Waals surface area contributed by atoms with Crippen molar-refractivity contribution in [2.75, 3.05) is 33.1 Å². The van der Waals surface area contributed by atoms with E-state index in [1.54, 1.807) is 32.6 Å². The van der Waals surface area contributed by atoms with Gasteiger partial charge in [0.25, 0.3) is 5.91 Å². The van der Waals surface area contributed by atoms with Crippen LogP contribution in [-0.4, -0.2) is 71.4 Å². The van der Waals surface area contributed by atoms with Gasteiger partial charge >= 0.3 is 11.9 Å². The van der Waals surface area contributed by atoms with Crippen LogP contribution in [0.3, 0.4) is 0 Å². The zero-order valence-electron chi connectivity index (χ0n) is 34.6. The van der Waals surface area contributed by atoms with Crippen molar-refractivity contribution in [1.29, 1.82) is 0 Å². The summed E-state index contributed by atoms with van der Waals surface area (Å²) in [5.41, 5.74) is 6.50. The van der Waals surface area contributed by atoms with Gasteiger partial charge in [0.05, 0.1) is 38.1 Å². The Morgan fingerprint density at radius 1 is 0.845 bits per heavy atom. The molecule has 0 radical (unpaired) electrons. The smallest absolute Gasteiger partial charge is 0.343 e. The van der Waals surface area contributed by atoms with Crippen molar-refractivity contribution >= 4 is 34.9 Å². The topological polar surface area (TPSA) is 164 Å². The van der Waals surface area contributed by atoms with Crippen molar-refractivity contribution in [2.24, 2.45) is 16.9 Å². The summed E-state index contributed by atoms with van der Waals surface area (Å²) in [6, 6.07) is 22.9. The number of carbonyl (C=O) groups excluding carboxylic acids is 1. The summed E-state index contributed by atoms with van der Waals surface area (Å²) < 4.78 is 12.5. The van der Waals surface area contributed by atoms with E-state index in [4.69, 9.17) is 19.7 Å². The molecule has 0 saturated heterocycles. The molecule has 13 heteroatoms. The first-order valence-corrected chi connectivity index (χ1v) is 19.9. The highest BCUT2D eigenvalue weighted by Gasteiger charge is 2.37. The maximum absolute atomic E-state index is 12.4. The highest BCUT2D eigenvalue weighted by atomic mass is 16.5. The molecule has 308 valence electrons. The van der Waals surface area contributed by atoms with Crippen LogP contribution in [0, 0.1) is 11.8 Å². The third-order valence-electron chi connectivity index (χ3n) is 10.6. The molecular weight excluding hydrogens is 737 g/mol. The van der Waals surface area contributed by atoms with Crippen molar-refractivity contribution in [3.63, 3.8) is 0 Å². The Morgan fingerprint density at radius 3 is 1.97 bits per heavy atom. The van der Waals surface area contributed by atoms with E-state index in [1.165, 1.54) is 24.8 Å². The van der Waals surface area contributed by atoms with Crippen molar-refractivity contribution in [3.05, 3.63) is 108 Å². The molecule has 2 heterocycles. The highest BCUT2D eigenvalue weighted by molar-refractivity contribution is 6.21. The van der Waals surface area contributed by atoms with Crippen LogP contribution < -0.4 is 24.7 Å². The zero-order chi connectivity index (χ0) is 42.0. The number of aromatic nitrogens is 2. The van der Waals surface area contributed by atoms with Gasteiger partial charge in [-0.1, -0.05) is 52.1 Å². The average Bonchev–Trinajstić information content (AvgIpc) is 3.84. The van der Waals surface area contributed by atoms with Gasteiger partial charge < -0.3 is 30.3 Å². The van der Waals surface area contributed by atoms with Crippen LogP contribution >= 0.6 is 0 Å². The second-order valence-corrected chi connectivity index (χ2v) is 15.5. The van der Waals surface area contributed by atoms with Crippen molar-refractivity contribution in [2.45, 2.75) is 78.2 Å². The summed E-state index contributed by atoms with van der Waals surface area (Å²) in [5, 5.41) is 34.1. The quantitative estimate of drug-likeness (QED) is 0.0864. The first-order chi connectivity index (χ1) is 27.7. The lowest BCUT2D eigenvalue weighted by Gasteiger charge is -2.32. The number of rotatable bonds is 15. The fraction of sp³-hybridized carbons (Fsp3) is 0.400. The summed E-state index contributed by atoms with van der Waals surface area (Å²) in [5.74, 6) is 0.228. The van der Waals surface area contributed by atoms with Gasteiger partial charge in [0.15, 0.2) is 5.69 Å². The third-order valence-corrected chi connectivity index (χ3v) is 10.6. The van der Waals surface area contributed by atoms with E-state index in [0.29, 0.717) is 17.2 Å². The highest BCUT2D eigenvalue weighted by Crippen LogP contribution is 2.40. The number of ether oxygens (including phenoxy) is 2. The number of carboxylic acids is 2. The van der Waals surface area contributed by atoms with Gasteiger partial charge in [0.1, 0.15) is 36.0 Å². The molecule has 2 atom stereocenters. The molecule has 0 spiro atoms. The zero-order valence-corrected chi connectivity index (χ0v) is 34.6. The molecule has 6 rings (SSSR count). The maximum atomic E-state index is 12.4. The van der Waals surface area contributed by atoms with Crippen LogP contribution in [0.4, 0.5) is 11.4 Å². The number of anilines is 1. The summed E-state index contributed by atoms with van der Waals surface area (Å²) >= 11 is 0. The molecule has 1 aliphatic heterocycles. The number of hydrogen-bond acceptors (Lipinski definition) is 8. The predicted molar refractivity (Wildman–Crippen MR) is 227 cm³/mol. The minimum atomic E-state index is -0.937. The normalized spacial score (nSPS) is 17.1. The average molecular weight is 794 g/mol. The SMILES string of the molecule is COc1ccc(-n2cc(C(Nc3ccc(C(=O)NCCC(=O)O)cc3)C3CCCCC3)c(C(C)C)n2)cc1.COc1ccc([N+]2(C)C=C(C(=O)O)C(C(C)C)=N2)cc1. The number of carboxylic acid groups (broad SMARTS) is 2. The second kappa shape index (κ2) is 19.5. The van der Waals surface area contributed by atoms with E-state index in [-0.39, 0.29) is 46.9 Å². The molecule has 1 fully saturated rings. The van der Waals surface area contributed by atoms with Gasteiger partial charge in [-0.2, -0.15) is 5.10 Å². The molecule has 1 aromatic heterocycles. The number of aliphatic carboxylic acids is 2. The molecular formula is C45H57N6O7+. The number of methoxy groups -OCH3 is 2. The lowest BCUT2D eigenvalue weighted by molar-refractivity contribution is -0.137. The van der Waals surface area contributed by atoms with Gasteiger partial charge in [-0.3, -0.25) is 9.59 Å². The van der Waals surface area contributed by atoms with E-state index in [0.717, 1.165) is 47.1 Å². The molecule has 13 nitrogen and oxygen atoms in total. The summed E-state index contributed by atoms with van der Waals surface area (Å²) in [7, 11) is 5.13. The standard InChI is InChI=1S/C30H38N4O4.C15H18N2O3/c1-20(2)28-26(19-34(33-28)24-13-15-25(38-3)16-14-24)29(21-7-5-4-6-8-21)32-23-11-9-22(10-12-23)30(37)31-18-17-27(35)36;1-10(2)14-13(15(18)19)9-17(3,16-14)11-5-7-12(20-4)8-6-11/h9-16,19-21,29,32H,4-8,17-18H2,1-3H3,(H,31,37)(H,35,36);5-10H,1-4H3/p+1. The predicted octanol–water partition coefficient (Wildman–Crippen LogP) is 8.57. The lowest BCUT2D eigenvalue weighted by atomic mass is 9.80. The van der Waals surface area contributed by atoms with E-state index in [1.807, 2.05) is 86.2 Å². The fourth-order valence-electron chi connectivity index (χ4n) is 7.39. The Hall–Kier alpha value is -5.95. The van der Waals surface area contributed by atoms with Gasteiger partial charge in [-0.25, -0.2) is 9.48 Å². The maximum Gasteiger partial charge on any atom is 0.343 e. The Balaban J connectivity index is 0.000000269. The Bertz CT molecular complexity index is 2080. The number of benzene rings is 3. The lowest BCUT2D eigenvalue weighted by Crippen LogP contribution is -2.30. The van der Waals surface area contributed by atoms with E-state index in [2.05, 4.69) is 35.8 Å². The summed E-state index contributed by atoms with van der Waals surface area (Å²) in [4.78, 5) is 34.5. The van der Waals surface area contributed by atoms with E-state index >= 15 is 0 Å². The molecule has 2 aliphatic rings. The van der Waals surface area contributed by atoms with Crippen molar-refractivity contribution in [3.8, 4) is 17.2 Å². The van der Waals surface area contributed by atoms with Gasteiger partial charge in [0.2, 0.25) is 0 Å². The molecule has 4 N–H and O–H groups in total.